The molecule has 0 amide bonds. The maximum atomic E-state index is 13.1. The number of imidazole rings is 1. The monoisotopic (exact) mass is 459 g/mol. The van der Waals surface area contributed by atoms with Gasteiger partial charge in [0.1, 0.15) is 10.4 Å². The zero-order chi connectivity index (χ0) is 21.5. The van der Waals surface area contributed by atoms with Crippen molar-refractivity contribution in [2.45, 2.75) is 25.3 Å². The van der Waals surface area contributed by atoms with E-state index in [0.29, 0.717) is 17.7 Å². The first-order valence-electron chi connectivity index (χ1n) is 9.23. The van der Waals surface area contributed by atoms with Crippen molar-refractivity contribution in [2.24, 2.45) is 0 Å². The van der Waals surface area contributed by atoms with E-state index < -0.39 is 10.0 Å². The number of nitrogens with zero attached hydrogens (tertiary/aromatic N) is 2. The van der Waals surface area contributed by atoms with Gasteiger partial charge in [0.05, 0.1) is 22.6 Å². The fourth-order valence-corrected chi connectivity index (χ4v) is 5.22. The Balaban J connectivity index is 1.81. The van der Waals surface area contributed by atoms with E-state index in [2.05, 4.69) is 9.71 Å². The minimum Gasteiger partial charge on any atom is -0.326 e. The molecule has 0 saturated carbocycles. The quantitative estimate of drug-likeness (QED) is 0.409. The number of benzene rings is 3. The summed E-state index contributed by atoms with van der Waals surface area (Å²) < 4.78 is 30.9. The Labute approximate surface area is 185 Å². The molecule has 0 aliphatic carbocycles. The Morgan fingerprint density at radius 3 is 2.50 bits per heavy atom. The third kappa shape index (κ3) is 3.90. The predicted octanol–water partition coefficient (Wildman–Crippen LogP) is 5.81. The van der Waals surface area contributed by atoms with Crippen molar-refractivity contribution < 1.29 is 8.42 Å². The topological polar surface area (TPSA) is 64.0 Å². The van der Waals surface area contributed by atoms with Crippen LogP contribution >= 0.6 is 23.2 Å². The molecule has 0 radical (unpaired) electrons. The maximum Gasteiger partial charge on any atom is 0.263 e. The minimum atomic E-state index is -3.96. The van der Waals surface area contributed by atoms with Crippen molar-refractivity contribution in [1.82, 2.24) is 9.55 Å². The number of anilines is 1. The van der Waals surface area contributed by atoms with Crippen LogP contribution in [0.1, 0.15) is 16.7 Å². The molecule has 0 saturated heterocycles. The van der Waals surface area contributed by atoms with E-state index in [9.17, 15) is 8.42 Å². The third-order valence-electron chi connectivity index (χ3n) is 5.05. The van der Waals surface area contributed by atoms with Crippen LogP contribution in [0, 0.1) is 13.8 Å². The van der Waals surface area contributed by atoms with E-state index in [1.165, 1.54) is 12.1 Å². The van der Waals surface area contributed by atoms with Gasteiger partial charge >= 0.3 is 0 Å². The second-order valence-electron chi connectivity index (χ2n) is 7.10. The molecule has 0 bridgehead atoms. The highest BCUT2D eigenvalue weighted by atomic mass is 35.5. The molecule has 0 unspecified atom stereocenters. The van der Waals surface area contributed by atoms with Crippen LogP contribution in [-0.4, -0.2) is 18.0 Å². The summed E-state index contributed by atoms with van der Waals surface area (Å²) in [5.74, 6) is 0. The van der Waals surface area contributed by atoms with Gasteiger partial charge in [-0.15, -0.1) is 0 Å². The van der Waals surface area contributed by atoms with Gasteiger partial charge in [-0.3, -0.25) is 4.72 Å². The summed E-state index contributed by atoms with van der Waals surface area (Å²) in [6.45, 7) is 4.44. The summed E-state index contributed by atoms with van der Waals surface area (Å²) in [4.78, 5) is 4.44. The summed E-state index contributed by atoms with van der Waals surface area (Å²) in [6, 6.07) is 16.4. The van der Waals surface area contributed by atoms with Crippen LogP contribution in [0.5, 0.6) is 0 Å². The molecule has 3 aromatic carbocycles. The lowest BCUT2D eigenvalue weighted by Gasteiger charge is -2.15. The van der Waals surface area contributed by atoms with Gasteiger partial charge in [-0.25, -0.2) is 13.4 Å². The van der Waals surface area contributed by atoms with Crippen molar-refractivity contribution >= 4 is 49.9 Å². The van der Waals surface area contributed by atoms with Crippen molar-refractivity contribution in [1.29, 1.82) is 0 Å². The van der Waals surface area contributed by atoms with Crippen LogP contribution in [0.15, 0.2) is 65.8 Å². The van der Waals surface area contributed by atoms with Crippen LogP contribution < -0.4 is 4.72 Å². The number of sulfonamides is 1. The first kappa shape index (κ1) is 20.7. The Kier molecular flexibility index (Phi) is 5.49. The molecule has 0 fully saturated rings. The zero-order valence-electron chi connectivity index (χ0n) is 16.4. The number of hydrogen-bond donors (Lipinski definition) is 1. The predicted molar refractivity (Wildman–Crippen MR) is 122 cm³/mol. The number of aryl methyl sites for hydroxylation is 1. The molecule has 4 rings (SSSR count). The van der Waals surface area contributed by atoms with Crippen molar-refractivity contribution in [3.8, 4) is 0 Å². The average Bonchev–Trinajstić information content (AvgIpc) is 3.10. The van der Waals surface area contributed by atoms with Gasteiger partial charge in [-0.1, -0.05) is 53.5 Å². The number of aromatic nitrogens is 2. The lowest BCUT2D eigenvalue weighted by molar-refractivity contribution is 0.601. The number of rotatable bonds is 5. The number of fused-ring (bicyclic) bond motifs is 1. The van der Waals surface area contributed by atoms with Crippen molar-refractivity contribution in [3.05, 3.63) is 87.7 Å². The van der Waals surface area contributed by atoms with Gasteiger partial charge < -0.3 is 4.57 Å². The molecule has 1 aromatic heterocycles. The van der Waals surface area contributed by atoms with E-state index >= 15 is 0 Å². The fraction of sp³-hybridized carbons (Fsp3) is 0.136. The second kappa shape index (κ2) is 7.95. The summed E-state index contributed by atoms with van der Waals surface area (Å²) >= 11 is 12.1. The molecule has 1 N–H and O–H groups in total. The summed E-state index contributed by atoms with van der Waals surface area (Å²) in [6.07, 6.45) is 1.72. The molecule has 1 heterocycles. The van der Waals surface area contributed by atoms with Gasteiger partial charge in [-0.2, -0.15) is 0 Å². The molecule has 0 aliphatic heterocycles. The zero-order valence-corrected chi connectivity index (χ0v) is 18.7. The fourth-order valence-electron chi connectivity index (χ4n) is 3.33. The Morgan fingerprint density at radius 1 is 1.03 bits per heavy atom. The van der Waals surface area contributed by atoms with Crippen LogP contribution in [0.3, 0.4) is 0 Å². The summed E-state index contributed by atoms with van der Waals surface area (Å²) in [5, 5.41) is 0.390. The van der Waals surface area contributed by atoms with Gasteiger partial charge in [0.25, 0.3) is 10.0 Å². The normalized spacial score (nSPS) is 11.7. The molecule has 4 aromatic rings. The van der Waals surface area contributed by atoms with E-state index in [1.807, 2.05) is 54.8 Å². The van der Waals surface area contributed by atoms with Crippen molar-refractivity contribution in [2.75, 3.05) is 4.72 Å². The molecule has 5 nitrogen and oxygen atoms in total. The Morgan fingerprint density at radius 2 is 1.77 bits per heavy atom. The van der Waals surface area contributed by atoms with Crippen LogP contribution in [0.2, 0.25) is 10.0 Å². The molecule has 0 aliphatic rings. The lowest BCUT2D eigenvalue weighted by atomic mass is 10.1. The van der Waals surface area contributed by atoms with Gasteiger partial charge in [0, 0.05) is 11.6 Å². The Bertz CT molecular complexity index is 1350. The molecule has 0 atom stereocenters. The average molecular weight is 460 g/mol. The van der Waals surface area contributed by atoms with Crippen molar-refractivity contribution in [3.63, 3.8) is 0 Å². The lowest BCUT2D eigenvalue weighted by Crippen LogP contribution is -2.15. The molecule has 154 valence electrons. The molecular weight excluding hydrogens is 441 g/mol. The first-order chi connectivity index (χ1) is 14.3. The van der Waals surface area contributed by atoms with Crippen LogP contribution in [0.4, 0.5) is 5.69 Å². The van der Waals surface area contributed by atoms with E-state index in [-0.39, 0.29) is 14.9 Å². The first-order valence-corrected chi connectivity index (χ1v) is 11.5. The SMILES string of the molecule is Cc1cc2c(ncn2Cc2ccccc2)c(NS(=O)(=O)c2cc(Cl)ccc2Cl)c1C. The second-order valence-corrected chi connectivity index (χ2v) is 9.59. The minimum absolute atomic E-state index is 0.0746. The number of hydrogen-bond acceptors (Lipinski definition) is 3. The highest BCUT2D eigenvalue weighted by Gasteiger charge is 2.22. The number of halogens is 2. The Hall–Kier alpha value is -2.54. The van der Waals surface area contributed by atoms with E-state index in [4.69, 9.17) is 23.2 Å². The van der Waals surface area contributed by atoms with Crippen LogP contribution in [0.25, 0.3) is 11.0 Å². The smallest absolute Gasteiger partial charge is 0.263 e. The summed E-state index contributed by atoms with van der Waals surface area (Å²) in [7, 11) is -3.96. The molecule has 0 spiro atoms. The van der Waals surface area contributed by atoms with E-state index in [1.54, 1.807) is 12.4 Å². The van der Waals surface area contributed by atoms with Gasteiger partial charge in [0.2, 0.25) is 0 Å². The third-order valence-corrected chi connectivity index (χ3v) is 7.12. The molecule has 8 heteroatoms. The molecular formula is C22H19Cl2N3O2S. The van der Waals surface area contributed by atoms with Gasteiger partial charge in [0.15, 0.2) is 0 Å². The summed E-state index contributed by atoms with van der Waals surface area (Å²) in [5.41, 5.74) is 4.74. The maximum absolute atomic E-state index is 13.1. The van der Waals surface area contributed by atoms with Gasteiger partial charge in [-0.05, 0) is 54.8 Å². The largest absolute Gasteiger partial charge is 0.326 e. The standard InChI is InChI=1S/C22H19Cl2N3O2S/c1-14-10-19-22(25-13-27(19)12-16-6-4-3-5-7-16)21(15(14)2)26-30(28,29)20-11-17(23)8-9-18(20)24/h3-11,13,26H,12H2,1-2H3. The number of nitrogens with one attached hydrogen (secondary N) is 1. The van der Waals surface area contributed by atoms with E-state index in [0.717, 1.165) is 22.2 Å². The van der Waals surface area contributed by atoms with Crippen LogP contribution in [-0.2, 0) is 16.6 Å². The highest BCUT2D eigenvalue weighted by Crippen LogP contribution is 2.33. The molecule has 30 heavy (non-hydrogen) atoms. The highest BCUT2D eigenvalue weighted by molar-refractivity contribution is 7.92.